The summed E-state index contributed by atoms with van der Waals surface area (Å²) in [5.74, 6) is 1.47. The molecule has 0 fully saturated rings. The lowest BCUT2D eigenvalue weighted by Crippen LogP contribution is -2.35. The van der Waals surface area contributed by atoms with E-state index in [9.17, 15) is 13.2 Å². The first-order chi connectivity index (χ1) is 14.7. The van der Waals surface area contributed by atoms with Gasteiger partial charge in [-0.15, -0.1) is 0 Å². The van der Waals surface area contributed by atoms with Crippen LogP contribution in [0.25, 0.3) is 11.0 Å². The molecule has 0 spiro atoms. The van der Waals surface area contributed by atoms with Crippen LogP contribution in [0.3, 0.4) is 0 Å². The number of carbonyl (C=O) groups is 1. The van der Waals surface area contributed by atoms with Gasteiger partial charge in [-0.25, -0.2) is 13.4 Å². The number of fused-ring (bicyclic) bond motifs is 1. The monoisotopic (exact) mass is 450 g/mol. The highest BCUT2D eigenvalue weighted by molar-refractivity contribution is 7.89. The molecule has 2 rings (SSSR count). The molecule has 31 heavy (non-hydrogen) atoms. The van der Waals surface area contributed by atoms with Crippen LogP contribution in [0, 0.1) is 5.92 Å². The molecule has 0 radical (unpaired) electrons. The number of aromatic nitrogens is 2. The summed E-state index contributed by atoms with van der Waals surface area (Å²) >= 11 is 0. The van der Waals surface area contributed by atoms with E-state index in [-0.39, 0.29) is 10.8 Å². The zero-order chi connectivity index (χ0) is 23.2. The Bertz CT molecular complexity index is 976. The van der Waals surface area contributed by atoms with Crippen LogP contribution in [0.4, 0.5) is 0 Å². The van der Waals surface area contributed by atoms with Gasteiger partial charge in [-0.3, -0.25) is 4.79 Å². The van der Waals surface area contributed by atoms with Crippen LogP contribution in [0.2, 0.25) is 0 Å². The van der Waals surface area contributed by atoms with Gasteiger partial charge in [-0.1, -0.05) is 40.5 Å². The van der Waals surface area contributed by atoms with Crippen molar-refractivity contribution >= 4 is 27.0 Å². The number of rotatable bonds is 12. The maximum Gasteiger partial charge on any atom is 0.243 e. The molecule has 8 heteroatoms. The van der Waals surface area contributed by atoms with Crippen LogP contribution in [-0.2, 0) is 28.3 Å². The van der Waals surface area contributed by atoms with Crippen LogP contribution in [0.1, 0.15) is 59.7 Å². The third-order valence-electron chi connectivity index (χ3n) is 6.22. The van der Waals surface area contributed by atoms with Crippen molar-refractivity contribution < 1.29 is 13.2 Å². The van der Waals surface area contributed by atoms with Gasteiger partial charge < -0.3 is 9.47 Å². The van der Waals surface area contributed by atoms with Crippen LogP contribution in [-0.4, -0.2) is 59.3 Å². The molecule has 0 aliphatic heterocycles. The number of imidazole rings is 1. The second kappa shape index (κ2) is 11.1. The highest BCUT2D eigenvalue weighted by Crippen LogP contribution is 2.23. The van der Waals surface area contributed by atoms with Gasteiger partial charge in [0.05, 0.1) is 15.9 Å². The van der Waals surface area contributed by atoms with Crippen molar-refractivity contribution in [2.75, 3.05) is 26.2 Å². The molecule has 0 aliphatic carbocycles. The minimum Gasteiger partial charge on any atom is -0.343 e. The molecule has 0 aliphatic rings. The van der Waals surface area contributed by atoms with Crippen molar-refractivity contribution in [3.8, 4) is 0 Å². The van der Waals surface area contributed by atoms with E-state index in [4.69, 9.17) is 0 Å². The Morgan fingerprint density at radius 3 is 2.26 bits per heavy atom. The fourth-order valence-corrected chi connectivity index (χ4v) is 5.45. The van der Waals surface area contributed by atoms with Gasteiger partial charge in [-0.2, -0.15) is 4.31 Å². The minimum atomic E-state index is -3.53. The third kappa shape index (κ3) is 5.66. The molecule has 0 atom stereocenters. The van der Waals surface area contributed by atoms with E-state index in [1.165, 1.54) is 4.31 Å². The molecule has 174 valence electrons. The third-order valence-corrected chi connectivity index (χ3v) is 8.26. The fourth-order valence-electron chi connectivity index (χ4n) is 3.97. The maximum atomic E-state index is 12.8. The molecular formula is C23H38N4O3S. The van der Waals surface area contributed by atoms with Crippen molar-refractivity contribution in [1.82, 2.24) is 18.8 Å². The lowest BCUT2D eigenvalue weighted by atomic mass is 10.0. The summed E-state index contributed by atoms with van der Waals surface area (Å²) in [5, 5.41) is 0. The molecule has 7 nitrogen and oxygen atoms in total. The smallest absolute Gasteiger partial charge is 0.243 e. The topological polar surface area (TPSA) is 75.5 Å². The van der Waals surface area contributed by atoms with Gasteiger partial charge >= 0.3 is 0 Å². The summed E-state index contributed by atoms with van der Waals surface area (Å²) in [4.78, 5) is 19.6. The molecule has 1 aromatic carbocycles. The molecular weight excluding hydrogens is 412 g/mol. The predicted octanol–water partition coefficient (Wildman–Crippen LogP) is 3.82. The van der Waals surface area contributed by atoms with E-state index in [1.54, 1.807) is 18.2 Å². The number of amides is 1. The molecule has 0 unspecified atom stereocenters. The number of aryl methyl sites for hydroxylation is 2. The van der Waals surface area contributed by atoms with Gasteiger partial charge in [0, 0.05) is 46.1 Å². The average molecular weight is 451 g/mol. The summed E-state index contributed by atoms with van der Waals surface area (Å²) < 4.78 is 29.1. The van der Waals surface area contributed by atoms with E-state index in [2.05, 4.69) is 18.8 Å². The Kier molecular flexibility index (Phi) is 9.06. The Morgan fingerprint density at radius 1 is 1.06 bits per heavy atom. The van der Waals surface area contributed by atoms with Crippen molar-refractivity contribution in [2.45, 2.75) is 65.2 Å². The first-order valence-electron chi connectivity index (χ1n) is 11.5. The zero-order valence-electron chi connectivity index (χ0n) is 19.9. The van der Waals surface area contributed by atoms with Gasteiger partial charge in [0.1, 0.15) is 5.82 Å². The number of hydrogen-bond donors (Lipinski definition) is 0. The number of sulfonamides is 1. The van der Waals surface area contributed by atoms with Crippen LogP contribution in [0.15, 0.2) is 23.1 Å². The Hall–Kier alpha value is -1.93. The normalized spacial score (nSPS) is 12.3. The number of hydrogen-bond acceptors (Lipinski definition) is 4. The van der Waals surface area contributed by atoms with Gasteiger partial charge in [0.25, 0.3) is 0 Å². The number of nitrogens with zero attached hydrogens (tertiary/aromatic N) is 4. The molecule has 1 heterocycles. The van der Waals surface area contributed by atoms with Crippen LogP contribution in [0.5, 0.6) is 0 Å². The lowest BCUT2D eigenvalue weighted by molar-refractivity contribution is -0.131. The molecule has 1 amide bonds. The summed E-state index contributed by atoms with van der Waals surface area (Å²) in [6.07, 6.45) is 3.07. The largest absolute Gasteiger partial charge is 0.343 e. The highest BCUT2D eigenvalue weighted by atomic mass is 32.2. The van der Waals surface area contributed by atoms with Crippen LogP contribution >= 0.6 is 0 Å². The summed E-state index contributed by atoms with van der Waals surface area (Å²) in [6.45, 7) is 12.4. The number of carbonyl (C=O) groups excluding carboxylic acids is 1. The minimum absolute atomic E-state index is 0.145. The quantitative estimate of drug-likeness (QED) is 0.493. The Morgan fingerprint density at radius 2 is 1.71 bits per heavy atom. The maximum absolute atomic E-state index is 12.8. The van der Waals surface area contributed by atoms with Gasteiger partial charge in [-0.05, 0) is 31.0 Å². The standard InChI is InChI=1S/C23H38N4O3S/c1-7-18(8-2)17-26(9-3)23(28)15-14-22-24-20-16-19(12-13-21(20)25(22)6)31(29,30)27(10-4)11-5/h12-13,16,18H,7-11,14-15,17H2,1-6H3. The van der Waals surface area contributed by atoms with E-state index in [0.29, 0.717) is 43.9 Å². The predicted molar refractivity (Wildman–Crippen MR) is 125 cm³/mol. The van der Waals surface area contributed by atoms with Gasteiger partial charge in [0.15, 0.2) is 0 Å². The van der Waals surface area contributed by atoms with Crippen molar-refractivity contribution in [3.05, 3.63) is 24.0 Å². The first-order valence-corrected chi connectivity index (χ1v) is 12.9. The fraction of sp³-hybridized carbons (Fsp3) is 0.652. The van der Waals surface area contributed by atoms with Crippen molar-refractivity contribution in [2.24, 2.45) is 13.0 Å². The molecule has 1 aromatic heterocycles. The van der Waals surface area contributed by atoms with E-state index >= 15 is 0 Å². The summed E-state index contributed by atoms with van der Waals surface area (Å²) in [6, 6.07) is 5.08. The highest BCUT2D eigenvalue weighted by Gasteiger charge is 2.23. The van der Waals surface area contributed by atoms with Crippen LogP contribution < -0.4 is 0 Å². The lowest BCUT2D eigenvalue weighted by Gasteiger charge is -2.25. The second-order valence-electron chi connectivity index (χ2n) is 7.94. The molecule has 0 saturated carbocycles. The van der Waals surface area contributed by atoms with E-state index < -0.39 is 10.0 Å². The second-order valence-corrected chi connectivity index (χ2v) is 9.88. The molecule has 0 saturated heterocycles. The number of benzene rings is 1. The zero-order valence-corrected chi connectivity index (χ0v) is 20.7. The SMILES string of the molecule is CCC(CC)CN(CC)C(=O)CCc1nc2cc(S(=O)(=O)N(CC)CC)ccc2n1C. The molecule has 2 aromatic rings. The van der Waals surface area contributed by atoms with E-state index in [0.717, 1.165) is 30.7 Å². The molecule has 0 N–H and O–H groups in total. The summed E-state index contributed by atoms with van der Waals surface area (Å²) in [5.41, 5.74) is 1.51. The van der Waals surface area contributed by atoms with Crippen molar-refractivity contribution in [1.29, 1.82) is 0 Å². The Labute approximate surface area is 187 Å². The summed E-state index contributed by atoms with van der Waals surface area (Å²) in [7, 11) is -1.62. The van der Waals surface area contributed by atoms with Crippen molar-refractivity contribution in [3.63, 3.8) is 0 Å². The molecule has 0 bridgehead atoms. The van der Waals surface area contributed by atoms with E-state index in [1.807, 2.05) is 37.3 Å². The first kappa shape index (κ1) is 25.3. The average Bonchev–Trinajstić information content (AvgIpc) is 3.08. The Balaban J connectivity index is 2.20. The van der Waals surface area contributed by atoms with Gasteiger partial charge in [0.2, 0.25) is 15.9 Å².